The maximum absolute atomic E-state index is 11.2. The number of benzene rings is 1. The number of hydrogen-bond donors (Lipinski definition) is 2. The molecule has 0 radical (unpaired) electrons. The fraction of sp³-hybridized carbons (Fsp3) is 0.333. The lowest BCUT2D eigenvalue weighted by Crippen LogP contribution is -2.39. The number of nitrogens with two attached hydrogens (primary N) is 1. The minimum Gasteiger partial charge on any atom is -0.495 e. The number of rotatable bonds is 5. The van der Waals surface area contributed by atoms with Gasteiger partial charge in [-0.15, -0.1) is 0 Å². The molecular weight excluding hydrogens is 340 g/mol. The van der Waals surface area contributed by atoms with Gasteiger partial charge in [0.25, 0.3) is 0 Å². The first-order valence-corrected chi connectivity index (χ1v) is 8.56. The van der Waals surface area contributed by atoms with Crippen LogP contribution in [-0.2, 0) is 0 Å². The molecule has 0 saturated carbocycles. The molecule has 1 aromatic carbocycles. The van der Waals surface area contributed by atoms with Gasteiger partial charge in [-0.1, -0.05) is 23.7 Å². The molecule has 132 valence electrons. The lowest BCUT2D eigenvalue weighted by molar-refractivity contribution is 0.1000. The molecule has 3 rings (SSSR count). The molecule has 1 amide bonds. The third-order valence-corrected chi connectivity index (χ3v) is 4.68. The Morgan fingerprint density at radius 3 is 2.72 bits per heavy atom. The van der Waals surface area contributed by atoms with Crippen LogP contribution in [0.4, 0.5) is 11.5 Å². The smallest absolute Gasteiger partial charge is 0.250 e. The predicted octanol–water partition coefficient (Wildman–Crippen LogP) is 2.92. The van der Waals surface area contributed by atoms with Gasteiger partial charge in [0.2, 0.25) is 5.91 Å². The number of carbonyl (C=O) groups is 1. The molecule has 3 N–H and O–H groups in total. The number of hydrogen-bond acceptors (Lipinski definition) is 5. The van der Waals surface area contributed by atoms with E-state index < -0.39 is 5.91 Å². The van der Waals surface area contributed by atoms with Gasteiger partial charge in [0.15, 0.2) is 0 Å². The molecule has 2 heterocycles. The average Bonchev–Trinajstić information content (AvgIpc) is 2.64. The van der Waals surface area contributed by atoms with Gasteiger partial charge in [0, 0.05) is 25.3 Å². The zero-order valence-corrected chi connectivity index (χ0v) is 14.8. The summed E-state index contributed by atoms with van der Waals surface area (Å²) in [6.45, 7) is 1.82. The molecule has 2 aromatic rings. The molecule has 1 aliphatic rings. The minimum atomic E-state index is -0.536. The predicted molar refractivity (Wildman–Crippen MR) is 99.6 cm³/mol. The maximum atomic E-state index is 11.2. The van der Waals surface area contributed by atoms with Crippen LogP contribution in [0, 0.1) is 0 Å². The summed E-state index contributed by atoms with van der Waals surface area (Å²) in [5.74, 6) is 0.939. The molecule has 0 spiro atoms. The van der Waals surface area contributed by atoms with Crippen LogP contribution in [0.3, 0.4) is 0 Å². The van der Waals surface area contributed by atoms with E-state index in [0.29, 0.717) is 16.4 Å². The third-order valence-electron chi connectivity index (χ3n) is 4.39. The monoisotopic (exact) mass is 360 g/mol. The topological polar surface area (TPSA) is 80.5 Å². The lowest BCUT2D eigenvalue weighted by atomic mass is 10.0. The van der Waals surface area contributed by atoms with Gasteiger partial charge >= 0.3 is 0 Å². The van der Waals surface area contributed by atoms with E-state index in [1.165, 1.54) is 6.20 Å². The molecular formula is C18H21ClN4O2. The number of pyridine rings is 1. The van der Waals surface area contributed by atoms with Crippen LogP contribution >= 0.6 is 11.6 Å². The molecule has 6 nitrogen and oxygen atoms in total. The van der Waals surface area contributed by atoms with Gasteiger partial charge in [-0.3, -0.25) is 4.79 Å². The largest absolute Gasteiger partial charge is 0.495 e. The molecule has 1 fully saturated rings. The van der Waals surface area contributed by atoms with Crippen LogP contribution in [-0.4, -0.2) is 37.1 Å². The molecule has 0 unspecified atom stereocenters. The SMILES string of the molecule is COc1ccccc1N1CCC(Nc2ncc(C(N)=O)cc2Cl)CC1. The fourth-order valence-electron chi connectivity index (χ4n) is 3.03. The van der Waals surface area contributed by atoms with Gasteiger partial charge in [-0.25, -0.2) is 4.98 Å². The highest BCUT2D eigenvalue weighted by Gasteiger charge is 2.22. The summed E-state index contributed by atoms with van der Waals surface area (Å²) in [4.78, 5) is 17.7. The van der Waals surface area contributed by atoms with Crippen LogP contribution in [0.2, 0.25) is 5.02 Å². The molecule has 0 atom stereocenters. The minimum absolute atomic E-state index is 0.274. The van der Waals surface area contributed by atoms with Crippen molar-refractivity contribution in [2.75, 3.05) is 30.4 Å². The Labute approximate surface area is 151 Å². The molecule has 25 heavy (non-hydrogen) atoms. The van der Waals surface area contributed by atoms with Crippen molar-refractivity contribution < 1.29 is 9.53 Å². The Bertz CT molecular complexity index is 760. The number of para-hydroxylation sites is 2. The van der Waals surface area contributed by atoms with E-state index in [1.807, 2.05) is 18.2 Å². The summed E-state index contributed by atoms with van der Waals surface area (Å²) in [6, 6.07) is 9.86. The number of nitrogens with one attached hydrogen (secondary N) is 1. The van der Waals surface area contributed by atoms with Crippen molar-refractivity contribution in [3.8, 4) is 5.75 Å². The zero-order chi connectivity index (χ0) is 17.8. The number of methoxy groups -OCH3 is 1. The number of anilines is 2. The van der Waals surface area contributed by atoms with E-state index in [4.69, 9.17) is 22.1 Å². The van der Waals surface area contributed by atoms with Crippen LogP contribution in [0.15, 0.2) is 36.5 Å². The van der Waals surface area contributed by atoms with Crippen molar-refractivity contribution in [3.63, 3.8) is 0 Å². The third kappa shape index (κ3) is 3.96. The first-order chi connectivity index (χ1) is 12.1. The van der Waals surface area contributed by atoms with Crippen molar-refractivity contribution >= 4 is 29.0 Å². The van der Waals surface area contributed by atoms with E-state index in [9.17, 15) is 4.79 Å². The van der Waals surface area contributed by atoms with Gasteiger partial charge < -0.3 is 20.7 Å². The van der Waals surface area contributed by atoms with Gasteiger partial charge in [0.1, 0.15) is 11.6 Å². The number of aromatic nitrogens is 1. The van der Waals surface area contributed by atoms with Gasteiger partial charge in [-0.2, -0.15) is 0 Å². The van der Waals surface area contributed by atoms with Gasteiger partial charge in [-0.05, 0) is 31.0 Å². The number of primary amides is 1. The molecule has 1 saturated heterocycles. The lowest BCUT2D eigenvalue weighted by Gasteiger charge is -2.34. The number of ether oxygens (including phenoxy) is 1. The Balaban J connectivity index is 1.62. The molecule has 0 bridgehead atoms. The summed E-state index contributed by atoms with van der Waals surface area (Å²) in [6.07, 6.45) is 3.35. The first-order valence-electron chi connectivity index (χ1n) is 8.18. The van der Waals surface area contributed by atoms with Crippen LogP contribution in [0.5, 0.6) is 5.75 Å². The van der Waals surface area contributed by atoms with E-state index in [1.54, 1.807) is 13.2 Å². The van der Waals surface area contributed by atoms with Crippen LogP contribution < -0.4 is 20.7 Å². The van der Waals surface area contributed by atoms with E-state index >= 15 is 0 Å². The number of piperidine rings is 1. The standard InChI is InChI=1S/C18H21ClN4O2/c1-25-16-5-3-2-4-15(16)23-8-6-13(7-9-23)22-18-14(19)10-12(11-21-18)17(20)24/h2-5,10-11,13H,6-9H2,1H3,(H2,20,24)(H,21,22). The van der Waals surface area contributed by atoms with E-state index in [0.717, 1.165) is 37.4 Å². The second-order valence-corrected chi connectivity index (χ2v) is 6.40. The van der Waals surface area contributed by atoms with Crippen molar-refractivity contribution in [3.05, 3.63) is 47.1 Å². The number of nitrogens with zero attached hydrogens (tertiary/aromatic N) is 2. The Morgan fingerprint density at radius 2 is 2.08 bits per heavy atom. The summed E-state index contributed by atoms with van der Waals surface area (Å²) in [7, 11) is 1.69. The van der Waals surface area contributed by atoms with Crippen molar-refractivity contribution in [2.24, 2.45) is 5.73 Å². The number of halogens is 1. The maximum Gasteiger partial charge on any atom is 0.250 e. The van der Waals surface area contributed by atoms with Crippen molar-refractivity contribution in [1.29, 1.82) is 0 Å². The fourth-order valence-corrected chi connectivity index (χ4v) is 3.25. The Kier molecular flexibility index (Phi) is 5.28. The normalized spacial score (nSPS) is 15.0. The van der Waals surface area contributed by atoms with E-state index in [2.05, 4.69) is 21.3 Å². The molecule has 1 aliphatic heterocycles. The highest BCUT2D eigenvalue weighted by molar-refractivity contribution is 6.33. The summed E-state index contributed by atoms with van der Waals surface area (Å²) in [5, 5.41) is 3.77. The summed E-state index contributed by atoms with van der Waals surface area (Å²) in [5.41, 5.74) is 6.66. The first kappa shape index (κ1) is 17.4. The Morgan fingerprint density at radius 1 is 1.36 bits per heavy atom. The summed E-state index contributed by atoms with van der Waals surface area (Å²) < 4.78 is 5.44. The van der Waals surface area contributed by atoms with Crippen LogP contribution in [0.1, 0.15) is 23.2 Å². The zero-order valence-electron chi connectivity index (χ0n) is 14.0. The van der Waals surface area contributed by atoms with Crippen molar-refractivity contribution in [2.45, 2.75) is 18.9 Å². The number of carbonyl (C=O) groups excluding carboxylic acids is 1. The molecule has 1 aromatic heterocycles. The molecule has 0 aliphatic carbocycles. The summed E-state index contributed by atoms with van der Waals surface area (Å²) >= 11 is 6.20. The molecule has 7 heteroatoms. The second kappa shape index (κ2) is 7.61. The Hall–Kier alpha value is -2.47. The highest BCUT2D eigenvalue weighted by atomic mass is 35.5. The van der Waals surface area contributed by atoms with Crippen LogP contribution in [0.25, 0.3) is 0 Å². The number of amides is 1. The van der Waals surface area contributed by atoms with Crippen molar-refractivity contribution in [1.82, 2.24) is 4.98 Å². The average molecular weight is 361 g/mol. The van der Waals surface area contributed by atoms with E-state index in [-0.39, 0.29) is 6.04 Å². The van der Waals surface area contributed by atoms with Gasteiger partial charge in [0.05, 0.1) is 23.4 Å². The quantitative estimate of drug-likeness (QED) is 0.856. The highest BCUT2D eigenvalue weighted by Crippen LogP contribution is 2.31. The second-order valence-electron chi connectivity index (χ2n) is 6.00.